The molecule has 0 rings (SSSR count). The van der Waals surface area contributed by atoms with Crippen LogP contribution in [0.25, 0.3) is 0 Å². The highest BCUT2D eigenvalue weighted by molar-refractivity contribution is 7.80. The van der Waals surface area contributed by atoms with Crippen LogP contribution in [0.15, 0.2) is 0 Å². The van der Waals surface area contributed by atoms with Gasteiger partial charge in [0.25, 0.3) is 0 Å². The van der Waals surface area contributed by atoms with Crippen LogP contribution in [0.5, 0.6) is 0 Å². The highest BCUT2D eigenvalue weighted by Crippen LogP contribution is 2.10. The van der Waals surface area contributed by atoms with Crippen molar-refractivity contribution in [1.29, 1.82) is 0 Å². The Morgan fingerprint density at radius 1 is 1.44 bits per heavy atom. The maximum atomic E-state index is 11.5. The van der Waals surface area contributed by atoms with E-state index in [1.54, 1.807) is 0 Å². The molecule has 0 aromatic rings. The van der Waals surface area contributed by atoms with Crippen LogP contribution in [-0.4, -0.2) is 22.7 Å². The number of hydrogen-bond donors (Lipinski definition) is 2. The lowest BCUT2D eigenvalue weighted by molar-refractivity contribution is 0.0493. The summed E-state index contributed by atoms with van der Waals surface area (Å²) in [6, 6.07) is -0.0765. The fourth-order valence-corrected chi connectivity index (χ4v) is 1.31. The molecule has 1 amide bonds. The van der Waals surface area contributed by atoms with E-state index in [2.05, 4.69) is 5.32 Å². The summed E-state index contributed by atoms with van der Waals surface area (Å²) < 4.78 is 5.17. The van der Waals surface area contributed by atoms with Gasteiger partial charge in [0.2, 0.25) is 0 Å². The Kier molecular flexibility index (Phi) is 5.72. The molecular weight excluding hydrogens is 224 g/mol. The van der Waals surface area contributed by atoms with E-state index in [-0.39, 0.29) is 12.0 Å². The predicted molar refractivity (Wildman–Crippen MR) is 69.4 cm³/mol. The molecule has 0 aliphatic heterocycles. The summed E-state index contributed by atoms with van der Waals surface area (Å²) in [5.41, 5.74) is 4.98. The fraction of sp³-hybridized carbons (Fsp3) is 0.818. The van der Waals surface area contributed by atoms with Crippen molar-refractivity contribution in [3.8, 4) is 0 Å². The van der Waals surface area contributed by atoms with E-state index in [0.717, 1.165) is 0 Å². The van der Waals surface area contributed by atoms with Gasteiger partial charge in [-0.15, -0.1) is 0 Å². The van der Waals surface area contributed by atoms with Gasteiger partial charge >= 0.3 is 6.09 Å². The van der Waals surface area contributed by atoms with Crippen molar-refractivity contribution < 1.29 is 9.53 Å². The van der Waals surface area contributed by atoms with Crippen LogP contribution in [0, 0.1) is 5.92 Å². The second-order valence-corrected chi connectivity index (χ2v) is 5.69. The molecule has 0 aromatic heterocycles. The smallest absolute Gasteiger partial charge is 0.407 e. The summed E-state index contributed by atoms with van der Waals surface area (Å²) in [6.45, 7) is 9.47. The molecule has 3 N–H and O–H groups in total. The summed E-state index contributed by atoms with van der Waals surface area (Å²) in [4.78, 5) is 11.9. The van der Waals surface area contributed by atoms with Crippen LogP contribution in [0.1, 0.15) is 41.0 Å². The molecule has 94 valence electrons. The van der Waals surface area contributed by atoms with Gasteiger partial charge in [-0.05, 0) is 26.7 Å². The largest absolute Gasteiger partial charge is 0.444 e. The molecule has 0 saturated carbocycles. The van der Waals surface area contributed by atoms with E-state index in [1.165, 1.54) is 0 Å². The number of hydrogen-bond acceptors (Lipinski definition) is 3. The van der Waals surface area contributed by atoms with Gasteiger partial charge in [-0.1, -0.05) is 26.1 Å². The molecule has 4 nitrogen and oxygen atoms in total. The van der Waals surface area contributed by atoms with E-state index < -0.39 is 11.7 Å². The number of nitrogens with one attached hydrogen (secondary N) is 1. The lowest BCUT2D eigenvalue weighted by atomic mass is 10.0. The molecule has 16 heavy (non-hydrogen) atoms. The second kappa shape index (κ2) is 6.03. The summed E-state index contributed by atoms with van der Waals surface area (Å²) in [5.74, 6) is 0.258. The molecule has 0 saturated heterocycles. The van der Waals surface area contributed by atoms with Gasteiger partial charge in [-0.25, -0.2) is 4.79 Å². The van der Waals surface area contributed by atoms with E-state index in [9.17, 15) is 4.79 Å². The van der Waals surface area contributed by atoms with Crippen LogP contribution in [0.3, 0.4) is 0 Å². The first-order chi connectivity index (χ1) is 7.11. The summed E-state index contributed by atoms with van der Waals surface area (Å²) >= 11 is 4.84. The number of amides is 1. The van der Waals surface area contributed by atoms with Crippen LogP contribution in [-0.2, 0) is 4.74 Å². The normalized spacial score (nSPS) is 13.4. The molecule has 0 aliphatic carbocycles. The van der Waals surface area contributed by atoms with Crippen LogP contribution in [0.4, 0.5) is 4.79 Å². The molecule has 0 aromatic carbocycles. The molecule has 1 atom stereocenters. The fourth-order valence-electron chi connectivity index (χ4n) is 1.13. The lowest BCUT2D eigenvalue weighted by Crippen LogP contribution is -2.43. The first-order valence-corrected chi connectivity index (χ1v) is 5.80. The van der Waals surface area contributed by atoms with Gasteiger partial charge in [0.05, 0.1) is 4.99 Å². The minimum Gasteiger partial charge on any atom is -0.444 e. The van der Waals surface area contributed by atoms with Crippen molar-refractivity contribution in [2.24, 2.45) is 11.7 Å². The number of carbonyl (C=O) groups excluding carboxylic acids is 1. The average molecular weight is 246 g/mol. The molecule has 1 unspecified atom stereocenters. The molecule has 0 radical (unpaired) electrons. The SMILES string of the molecule is CC(C)C(CC(N)=S)NC(=O)OC(C)(C)C. The molecule has 0 spiro atoms. The first kappa shape index (κ1) is 15.2. The third-order valence-corrected chi connectivity index (χ3v) is 2.09. The number of rotatable bonds is 4. The summed E-state index contributed by atoms with van der Waals surface area (Å²) in [6.07, 6.45) is 0.0640. The Labute approximate surface area is 103 Å². The van der Waals surface area contributed by atoms with Crippen LogP contribution in [0.2, 0.25) is 0 Å². The zero-order valence-corrected chi connectivity index (χ0v) is 11.5. The molecule has 0 bridgehead atoms. The predicted octanol–water partition coefficient (Wildman–Crippen LogP) is 2.21. The monoisotopic (exact) mass is 246 g/mol. The van der Waals surface area contributed by atoms with Crippen LogP contribution < -0.4 is 11.1 Å². The van der Waals surface area contributed by atoms with Crippen molar-refractivity contribution in [3.63, 3.8) is 0 Å². The number of carbonyl (C=O) groups is 1. The zero-order valence-electron chi connectivity index (χ0n) is 10.7. The third-order valence-electron chi connectivity index (χ3n) is 1.93. The van der Waals surface area contributed by atoms with Crippen molar-refractivity contribution >= 4 is 23.3 Å². The number of thiocarbonyl (C=S) groups is 1. The topological polar surface area (TPSA) is 64.3 Å². The van der Waals surface area contributed by atoms with Gasteiger partial charge in [0.1, 0.15) is 5.60 Å². The second-order valence-electron chi connectivity index (χ2n) is 5.17. The van der Waals surface area contributed by atoms with E-state index in [1.807, 2.05) is 34.6 Å². The Balaban J connectivity index is 4.30. The van der Waals surface area contributed by atoms with Gasteiger partial charge < -0.3 is 15.8 Å². The van der Waals surface area contributed by atoms with Crippen molar-refractivity contribution in [2.75, 3.05) is 0 Å². The lowest BCUT2D eigenvalue weighted by Gasteiger charge is -2.25. The minimum absolute atomic E-state index is 0.0765. The molecule has 0 aliphatic rings. The van der Waals surface area contributed by atoms with Crippen molar-refractivity contribution in [2.45, 2.75) is 52.7 Å². The van der Waals surface area contributed by atoms with Crippen molar-refractivity contribution in [3.05, 3.63) is 0 Å². The van der Waals surface area contributed by atoms with E-state index >= 15 is 0 Å². The molecule has 0 fully saturated rings. The van der Waals surface area contributed by atoms with Crippen LogP contribution >= 0.6 is 12.2 Å². The average Bonchev–Trinajstić information content (AvgIpc) is 1.97. The Bertz CT molecular complexity index is 259. The maximum Gasteiger partial charge on any atom is 0.407 e. The molecular formula is C11H22N2O2S. The van der Waals surface area contributed by atoms with E-state index in [0.29, 0.717) is 11.4 Å². The first-order valence-electron chi connectivity index (χ1n) is 5.39. The minimum atomic E-state index is -0.491. The summed E-state index contributed by atoms with van der Waals surface area (Å²) in [7, 11) is 0. The summed E-state index contributed by atoms with van der Waals surface area (Å²) in [5, 5.41) is 2.78. The Hall–Kier alpha value is -0.840. The highest BCUT2D eigenvalue weighted by atomic mass is 32.1. The zero-order chi connectivity index (χ0) is 12.9. The molecule has 0 heterocycles. The molecule has 5 heteroatoms. The Morgan fingerprint density at radius 3 is 2.25 bits per heavy atom. The standard InChI is InChI=1S/C11H22N2O2S/c1-7(2)8(6-9(12)16)13-10(14)15-11(3,4)5/h7-8H,6H2,1-5H3,(H2,12,16)(H,13,14). The maximum absolute atomic E-state index is 11.5. The van der Waals surface area contributed by atoms with E-state index in [4.69, 9.17) is 22.7 Å². The highest BCUT2D eigenvalue weighted by Gasteiger charge is 2.21. The van der Waals surface area contributed by atoms with Gasteiger partial charge in [0.15, 0.2) is 0 Å². The third kappa shape index (κ3) is 7.45. The Morgan fingerprint density at radius 2 is 1.94 bits per heavy atom. The van der Waals surface area contributed by atoms with Gasteiger partial charge in [0, 0.05) is 12.5 Å². The van der Waals surface area contributed by atoms with Gasteiger partial charge in [-0.2, -0.15) is 0 Å². The quantitative estimate of drug-likeness (QED) is 0.746. The number of alkyl carbamates (subject to hydrolysis) is 1. The van der Waals surface area contributed by atoms with Crippen molar-refractivity contribution in [1.82, 2.24) is 5.32 Å². The number of ether oxygens (including phenoxy) is 1. The number of nitrogens with two attached hydrogens (primary N) is 1. The van der Waals surface area contributed by atoms with Gasteiger partial charge in [-0.3, -0.25) is 0 Å².